The molecule has 0 aliphatic heterocycles. The highest BCUT2D eigenvalue weighted by atomic mass is 16.4. The van der Waals surface area contributed by atoms with Gasteiger partial charge in [0.05, 0.1) is 0 Å². The van der Waals surface area contributed by atoms with E-state index in [2.05, 4.69) is 6.92 Å². The van der Waals surface area contributed by atoms with Crippen LogP contribution in [0.1, 0.15) is 29.3 Å². The number of rotatable bonds is 3. The van der Waals surface area contributed by atoms with Crippen LogP contribution in [0.3, 0.4) is 0 Å². The summed E-state index contributed by atoms with van der Waals surface area (Å²) >= 11 is 0. The third-order valence-electron chi connectivity index (χ3n) is 2.41. The Morgan fingerprint density at radius 1 is 1.47 bits per heavy atom. The SMILES string of the molecule is CCCc1ccc2occ(C(=O)O)c2c1. The first kappa shape index (κ1) is 9.77. The van der Waals surface area contributed by atoms with Gasteiger partial charge in [0.15, 0.2) is 0 Å². The first-order valence-electron chi connectivity index (χ1n) is 4.95. The Kier molecular flexibility index (Phi) is 2.46. The summed E-state index contributed by atoms with van der Waals surface area (Å²) in [6.45, 7) is 2.09. The summed E-state index contributed by atoms with van der Waals surface area (Å²) in [5.41, 5.74) is 2.02. The summed E-state index contributed by atoms with van der Waals surface area (Å²) < 4.78 is 5.16. The summed E-state index contributed by atoms with van der Waals surface area (Å²) in [5, 5.41) is 9.62. The van der Waals surface area contributed by atoms with Crippen LogP contribution in [0, 0.1) is 0 Å². The standard InChI is InChI=1S/C12H12O3/c1-2-3-8-4-5-11-9(6-8)10(7-15-11)12(13)14/h4-7H,2-3H2,1H3,(H,13,14). The summed E-state index contributed by atoms with van der Waals surface area (Å²) in [7, 11) is 0. The number of aryl methyl sites for hydroxylation is 1. The molecule has 0 atom stereocenters. The van der Waals surface area contributed by atoms with E-state index in [4.69, 9.17) is 9.52 Å². The molecule has 1 heterocycles. The van der Waals surface area contributed by atoms with Crippen molar-refractivity contribution >= 4 is 16.9 Å². The molecule has 15 heavy (non-hydrogen) atoms. The number of benzene rings is 1. The van der Waals surface area contributed by atoms with Crippen molar-refractivity contribution in [1.29, 1.82) is 0 Å². The molecule has 0 saturated carbocycles. The number of hydrogen-bond acceptors (Lipinski definition) is 2. The molecule has 0 amide bonds. The number of hydrogen-bond donors (Lipinski definition) is 1. The Bertz CT molecular complexity index is 497. The lowest BCUT2D eigenvalue weighted by Gasteiger charge is -1.98. The van der Waals surface area contributed by atoms with Crippen molar-refractivity contribution in [3.8, 4) is 0 Å². The third-order valence-corrected chi connectivity index (χ3v) is 2.41. The number of carboxylic acid groups (broad SMARTS) is 1. The number of fused-ring (bicyclic) bond motifs is 1. The second-order valence-corrected chi connectivity index (χ2v) is 3.54. The zero-order chi connectivity index (χ0) is 10.8. The van der Waals surface area contributed by atoms with Gasteiger partial charge < -0.3 is 9.52 Å². The second-order valence-electron chi connectivity index (χ2n) is 3.54. The molecular weight excluding hydrogens is 192 g/mol. The maximum atomic E-state index is 10.9. The van der Waals surface area contributed by atoms with E-state index in [0.717, 1.165) is 18.4 Å². The van der Waals surface area contributed by atoms with Crippen LogP contribution in [-0.4, -0.2) is 11.1 Å². The van der Waals surface area contributed by atoms with Crippen molar-refractivity contribution in [1.82, 2.24) is 0 Å². The lowest BCUT2D eigenvalue weighted by atomic mass is 10.1. The summed E-state index contributed by atoms with van der Waals surface area (Å²) in [6, 6.07) is 5.69. The van der Waals surface area contributed by atoms with Gasteiger partial charge in [-0.15, -0.1) is 0 Å². The summed E-state index contributed by atoms with van der Waals surface area (Å²) in [4.78, 5) is 10.9. The molecule has 0 fully saturated rings. The van der Waals surface area contributed by atoms with Crippen LogP contribution in [0.2, 0.25) is 0 Å². The minimum Gasteiger partial charge on any atom is -0.478 e. The first-order chi connectivity index (χ1) is 7.22. The molecule has 0 spiro atoms. The minimum absolute atomic E-state index is 0.239. The Morgan fingerprint density at radius 2 is 2.27 bits per heavy atom. The topological polar surface area (TPSA) is 50.4 Å². The van der Waals surface area contributed by atoms with Crippen molar-refractivity contribution in [2.75, 3.05) is 0 Å². The van der Waals surface area contributed by atoms with Crippen LogP contribution in [0.5, 0.6) is 0 Å². The van der Waals surface area contributed by atoms with Crippen LogP contribution in [-0.2, 0) is 6.42 Å². The molecule has 0 saturated heterocycles. The highest BCUT2D eigenvalue weighted by molar-refractivity contribution is 6.02. The number of aromatic carboxylic acids is 1. The molecule has 2 rings (SSSR count). The zero-order valence-corrected chi connectivity index (χ0v) is 8.49. The van der Waals surface area contributed by atoms with Crippen molar-refractivity contribution < 1.29 is 14.3 Å². The normalized spacial score (nSPS) is 10.7. The van der Waals surface area contributed by atoms with E-state index in [1.807, 2.05) is 18.2 Å². The summed E-state index contributed by atoms with van der Waals surface area (Å²) in [6.07, 6.45) is 3.30. The smallest absolute Gasteiger partial charge is 0.339 e. The van der Waals surface area contributed by atoms with Crippen molar-refractivity contribution in [3.63, 3.8) is 0 Å². The van der Waals surface area contributed by atoms with Crippen molar-refractivity contribution in [3.05, 3.63) is 35.6 Å². The molecule has 0 radical (unpaired) electrons. The molecule has 2 aromatic rings. The molecule has 0 bridgehead atoms. The van der Waals surface area contributed by atoms with Crippen LogP contribution in [0.4, 0.5) is 0 Å². The maximum absolute atomic E-state index is 10.9. The van der Waals surface area contributed by atoms with Gasteiger partial charge in [-0.1, -0.05) is 19.4 Å². The molecule has 1 N–H and O–H groups in total. The quantitative estimate of drug-likeness (QED) is 0.835. The molecule has 78 valence electrons. The van der Waals surface area contributed by atoms with Gasteiger partial charge in [-0.05, 0) is 24.1 Å². The van der Waals surface area contributed by atoms with Gasteiger partial charge in [-0.2, -0.15) is 0 Å². The van der Waals surface area contributed by atoms with Gasteiger partial charge in [-0.25, -0.2) is 4.79 Å². The molecule has 0 unspecified atom stereocenters. The Hall–Kier alpha value is -1.77. The number of carbonyl (C=O) groups is 1. The molecule has 3 nitrogen and oxygen atoms in total. The lowest BCUT2D eigenvalue weighted by Crippen LogP contribution is -1.94. The third kappa shape index (κ3) is 1.73. The van der Waals surface area contributed by atoms with E-state index >= 15 is 0 Å². The second kappa shape index (κ2) is 3.77. The van der Waals surface area contributed by atoms with E-state index in [1.165, 1.54) is 6.26 Å². The fourth-order valence-electron chi connectivity index (χ4n) is 1.69. The van der Waals surface area contributed by atoms with Crippen LogP contribution in [0.25, 0.3) is 11.0 Å². The van der Waals surface area contributed by atoms with E-state index in [9.17, 15) is 4.79 Å². The number of furan rings is 1. The largest absolute Gasteiger partial charge is 0.478 e. The van der Waals surface area contributed by atoms with Crippen LogP contribution < -0.4 is 0 Å². The van der Waals surface area contributed by atoms with Gasteiger partial charge in [0, 0.05) is 5.39 Å². The van der Waals surface area contributed by atoms with Gasteiger partial charge in [0.25, 0.3) is 0 Å². The summed E-state index contributed by atoms with van der Waals surface area (Å²) in [5.74, 6) is -0.942. The van der Waals surface area contributed by atoms with E-state index in [0.29, 0.717) is 11.0 Å². The van der Waals surface area contributed by atoms with Crippen LogP contribution in [0.15, 0.2) is 28.9 Å². The molecular formula is C12H12O3. The van der Waals surface area contributed by atoms with Gasteiger partial charge in [-0.3, -0.25) is 0 Å². The van der Waals surface area contributed by atoms with Gasteiger partial charge >= 0.3 is 5.97 Å². The minimum atomic E-state index is -0.942. The predicted octanol–water partition coefficient (Wildman–Crippen LogP) is 3.08. The average Bonchev–Trinajstić information content (AvgIpc) is 2.61. The van der Waals surface area contributed by atoms with Crippen molar-refractivity contribution in [2.45, 2.75) is 19.8 Å². The van der Waals surface area contributed by atoms with E-state index in [1.54, 1.807) is 0 Å². The van der Waals surface area contributed by atoms with E-state index < -0.39 is 5.97 Å². The fraction of sp³-hybridized carbons (Fsp3) is 0.250. The Labute approximate surface area is 87.3 Å². The molecule has 1 aromatic heterocycles. The van der Waals surface area contributed by atoms with Gasteiger partial charge in [0.1, 0.15) is 17.4 Å². The lowest BCUT2D eigenvalue weighted by molar-refractivity contribution is 0.0698. The molecule has 3 heteroatoms. The number of carboxylic acids is 1. The zero-order valence-electron chi connectivity index (χ0n) is 8.49. The maximum Gasteiger partial charge on any atom is 0.339 e. The highest BCUT2D eigenvalue weighted by Gasteiger charge is 2.12. The Morgan fingerprint density at radius 3 is 2.93 bits per heavy atom. The molecule has 1 aromatic carbocycles. The Balaban J connectivity index is 2.56. The average molecular weight is 204 g/mol. The predicted molar refractivity (Wildman–Crippen MR) is 57.2 cm³/mol. The van der Waals surface area contributed by atoms with Crippen LogP contribution >= 0.6 is 0 Å². The monoisotopic (exact) mass is 204 g/mol. The molecule has 0 aliphatic carbocycles. The van der Waals surface area contributed by atoms with E-state index in [-0.39, 0.29) is 5.56 Å². The first-order valence-corrected chi connectivity index (χ1v) is 4.95. The highest BCUT2D eigenvalue weighted by Crippen LogP contribution is 2.23. The fourth-order valence-corrected chi connectivity index (χ4v) is 1.69. The van der Waals surface area contributed by atoms with Gasteiger partial charge in [0.2, 0.25) is 0 Å². The van der Waals surface area contributed by atoms with Crippen molar-refractivity contribution in [2.24, 2.45) is 0 Å². The molecule has 0 aliphatic rings.